The topological polar surface area (TPSA) is 43.3 Å². The lowest BCUT2D eigenvalue weighted by Crippen LogP contribution is -2.32. The molecular weight excluding hydrogens is 328 g/mol. The summed E-state index contributed by atoms with van der Waals surface area (Å²) in [5.41, 5.74) is 2.13. The number of carbonyl (C=O) groups is 1. The minimum Gasteiger partial charge on any atom is -0.376 e. The Morgan fingerprint density at radius 2 is 2.26 bits per heavy atom. The molecule has 0 aliphatic carbocycles. The maximum Gasteiger partial charge on any atom is 0.254 e. The van der Waals surface area contributed by atoms with E-state index < -0.39 is 0 Å². The van der Waals surface area contributed by atoms with Crippen molar-refractivity contribution in [1.82, 2.24) is 9.88 Å². The summed E-state index contributed by atoms with van der Waals surface area (Å²) < 4.78 is 7.68. The van der Waals surface area contributed by atoms with Gasteiger partial charge in [0, 0.05) is 36.2 Å². The normalized spacial score (nSPS) is 20.4. The molecular formula is C17H20N2O2S2. The van der Waals surface area contributed by atoms with E-state index in [4.69, 9.17) is 4.74 Å². The van der Waals surface area contributed by atoms with Gasteiger partial charge in [0.2, 0.25) is 0 Å². The molecule has 0 spiro atoms. The summed E-state index contributed by atoms with van der Waals surface area (Å²) in [6.07, 6.45) is 7.34. The fraction of sp³-hybridized carbons (Fsp3) is 0.471. The number of carbonyl (C=O) groups excluding carboxylic acids is 1. The lowest BCUT2D eigenvalue weighted by molar-refractivity contribution is 0.0857. The molecule has 4 nitrogen and oxygen atoms in total. The molecule has 1 saturated heterocycles. The van der Waals surface area contributed by atoms with Crippen LogP contribution in [0.2, 0.25) is 0 Å². The summed E-state index contributed by atoms with van der Waals surface area (Å²) in [4.78, 5) is 14.2. The molecule has 1 fully saturated rings. The van der Waals surface area contributed by atoms with E-state index in [0.717, 1.165) is 47.9 Å². The van der Waals surface area contributed by atoms with Gasteiger partial charge >= 0.3 is 0 Å². The predicted molar refractivity (Wildman–Crippen MR) is 94.8 cm³/mol. The van der Waals surface area contributed by atoms with Crippen molar-refractivity contribution in [2.45, 2.75) is 31.1 Å². The van der Waals surface area contributed by atoms with E-state index in [1.807, 2.05) is 36.3 Å². The molecule has 122 valence electrons. The van der Waals surface area contributed by atoms with Crippen LogP contribution in [0.1, 0.15) is 33.6 Å². The highest BCUT2D eigenvalue weighted by molar-refractivity contribution is 7.98. The number of hydrogen-bond donors (Lipinski definition) is 1. The van der Waals surface area contributed by atoms with Crippen LogP contribution in [0.25, 0.3) is 5.00 Å². The summed E-state index contributed by atoms with van der Waals surface area (Å²) in [5, 5.41) is 4.15. The number of rotatable bonds is 4. The Kier molecular flexibility index (Phi) is 4.46. The number of thioether (sulfide) groups is 1. The van der Waals surface area contributed by atoms with E-state index in [2.05, 4.69) is 9.88 Å². The smallest absolute Gasteiger partial charge is 0.254 e. The Bertz CT molecular complexity index is 688. The SMILES string of the molecule is O=C(NC[C@@H]1CCCO1)c1c(-n2cccc2)sc2c1CCSC2. The van der Waals surface area contributed by atoms with Crippen LogP contribution in [0.3, 0.4) is 0 Å². The zero-order valence-corrected chi connectivity index (χ0v) is 14.5. The lowest BCUT2D eigenvalue weighted by atomic mass is 10.1. The summed E-state index contributed by atoms with van der Waals surface area (Å²) in [5.74, 6) is 2.17. The maximum atomic E-state index is 12.9. The van der Waals surface area contributed by atoms with Gasteiger partial charge in [0.05, 0.1) is 11.7 Å². The molecule has 4 rings (SSSR count). The van der Waals surface area contributed by atoms with Crippen LogP contribution in [0.4, 0.5) is 0 Å². The van der Waals surface area contributed by atoms with Crippen molar-refractivity contribution < 1.29 is 9.53 Å². The van der Waals surface area contributed by atoms with Crippen LogP contribution < -0.4 is 5.32 Å². The van der Waals surface area contributed by atoms with Gasteiger partial charge in [-0.25, -0.2) is 0 Å². The predicted octanol–water partition coefficient (Wildman–Crippen LogP) is 3.24. The Morgan fingerprint density at radius 1 is 1.39 bits per heavy atom. The molecule has 0 aromatic carbocycles. The van der Waals surface area contributed by atoms with E-state index in [-0.39, 0.29) is 12.0 Å². The molecule has 1 N–H and O–H groups in total. The second-order valence-corrected chi connectivity index (χ2v) is 8.11. The van der Waals surface area contributed by atoms with Crippen LogP contribution in [-0.2, 0) is 16.9 Å². The zero-order chi connectivity index (χ0) is 15.6. The first kappa shape index (κ1) is 15.3. The molecule has 0 bridgehead atoms. The van der Waals surface area contributed by atoms with Crippen molar-refractivity contribution in [3.8, 4) is 5.00 Å². The van der Waals surface area contributed by atoms with Crippen molar-refractivity contribution >= 4 is 29.0 Å². The van der Waals surface area contributed by atoms with E-state index in [1.165, 1.54) is 10.4 Å². The van der Waals surface area contributed by atoms with E-state index in [1.54, 1.807) is 11.3 Å². The van der Waals surface area contributed by atoms with Crippen molar-refractivity contribution in [1.29, 1.82) is 0 Å². The molecule has 6 heteroatoms. The average Bonchev–Trinajstić information content (AvgIpc) is 3.31. The van der Waals surface area contributed by atoms with Gasteiger partial charge in [-0.3, -0.25) is 4.79 Å². The second-order valence-electron chi connectivity index (χ2n) is 5.92. The molecule has 2 aromatic heterocycles. The fourth-order valence-corrected chi connectivity index (χ4v) is 5.65. The molecule has 1 amide bonds. The molecule has 0 radical (unpaired) electrons. The summed E-state index contributed by atoms with van der Waals surface area (Å²) in [7, 11) is 0. The van der Waals surface area contributed by atoms with Crippen LogP contribution >= 0.6 is 23.1 Å². The Morgan fingerprint density at radius 3 is 3.04 bits per heavy atom. The molecule has 0 saturated carbocycles. The summed E-state index contributed by atoms with van der Waals surface area (Å²) >= 11 is 3.71. The van der Waals surface area contributed by atoms with Gasteiger partial charge in [-0.15, -0.1) is 11.3 Å². The number of aromatic nitrogens is 1. The molecule has 2 aliphatic rings. The number of thiophene rings is 1. The third-order valence-corrected chi connectivity index (χ3v) is 6.80. The summed E-state index contributed by atoms with van der Waals surface area (Å²) in [6.45, 7) is 1.43. The molecule has 1 atom stereocenters. The first-order valence-electron chi connectivity index (χ1n) is 8.08. The Hall–Kier alpha value is -1.24. The number of hydrogen-bond acceptors (Lipinski definition) is 4. The molecule has 2 aromatic rings. The second kappa shape index (κ2) is 6.71. The van der Waals surface area contributed by atoms with Gasteiger partial charge in [-0.05, 0) is 42.7 Å². The van der Waals surface area contributed by atoms with E-state index in [9.17, 15) is 4.79 Å². The van der Waals surface area contributed by atoms with Gasteiger partial charge in [0.1, 0.15) is 5.00 Å². The molecule has 2 aliphatic heterocycles. The van der Waals surface area contributed by atoms with Crippen LogP contribution in [0.5, 0.6) is 0 Å². The number of amides is 1. The highest BCUT2D eigenvalue weighted by Gasteiger charge is 2.27. The monoisotopic (exact) mass is 348 g/mol. The van der Waals surface area contributed by atoms with Gasteiger partial charge in [0.15, 0.2) is 0 Å². The van der Waals surface area contributed by atoms with E-state index in [0.29, 0.717) is 6.54 Å². The average molecular weight is 348 g/mol. The minimum atomic E-state index is 0.0496. The van der Waals surface area contributed by atoms with Gasteiger partial charge < -0.3 is 14.6 Å². The first-order chi connectivity index (χ1) is 11.3. The highest BCUT2D eigenvalue weighted by atomic mass is 32.2. The fourth-order valence-electron chi connectivity index (χ4n) is 3.20. The zero-order valence-electron chi connectivity index (χ0n) is 12.9. The van der Waals surface area contributed by atoms with Gasteiger partial charge in [-0.1, -0.05) is 0 Å². The molecule has 23 heavy (non-hydrogen) atoms. The Balaban J connectivity index is 1.62. The van der Waals surface area contributed by atoms with Crippen LogP contribution in [-0.4, -0.2) is 35.5 Å². The van der Waals surface area contributed by atoms with Crippen molar-refractivity contribution in [2.75, 3.05) is 18.9 Å². The van der Waals surface area contributed by atoms with Crippen molar-refractivity contribution in [3.63, 3.8) is 0 Å². The number of ether oxygens (including phenoxy) is 1. The van der Waals surface area contributed by atoms with Crippen molar-refractivity contribution in [3.05, 3.63) is 40.5 Å². The van der Waals surface area contributed by atoms with Gasteiger partial charge in [0.25, 0.3) is 5.91 Å². The largest absolute Gasteiger partial charge is 0.376 e. The maximum absolute atomic E-state index is 12.9. The number of nitrogens with zero attached hydrogens (tertiary/aromatic N) is 1. The van der Waals surface area contributed by atoms with Crippen LogP contribution in [0, 0.1) is 0 Å². The summed E-state index contributed by atoms with van der Waals surface area (Å²) in [6, 6.07) is 4.00. The van der Waals surface area contributed by atoms with Crippen LogP contribution in [0.15, 0.2) is 24.5 Å². The standard InChI is InChI=1S/C17H20N2O2S2/c20-16(18-10-12-4-3-8-21-12)15-13-5-9-22-11-14(13)23-17(15)19-6-1-2-7-19/h1-2,6-7,12H,3-5,8-11H2,(H,18,20)/t12-/m0/s1. The third-order valence-electron chi connectivity index (χ3n) is 4.38. The number of fused-ring (bicyclic) bond motifs is 1. The van der Waals surface area contributed by atoms with E-state index >= 15 is 0 Å². The van der Waals surface area contributed by atoms with Crippen molar-refractivity contribution in [2.24, 2.45) is 0 Å². The highest BCUT2D eigenvalue weighted by Crippen LogP contribution is 2.38. The third kappa shape index (κ3) is 3.07. The first-order valence-corrected chi connectivity index (χ1v) is 10.1. The molecule has 4 heterocycles. The minimum absolute atomic E-state index is 0.0496. The Labute approximate surface area is 144 Å². The number of nitrogens with one attached hydrogen (secondary N) is 1. The quantitative estimate of drug-likeness (QED) is 0.922. The molecule has 0 unspecified atom stereocenters. The lowest BCUT2D eigenvalue weighted by Gasteiger charge is -2.15. The van der Waals surface area contributed by atoms with Gasteiger partial charge in [-0.2, -0.15) is 11.8 Å².